The third-order valence-corrected chi connectivity index (χ3v) is 3.76. The molecule has 0 aliphatic heterocycles. The van der Waals surface area contributed by atoms with E-state index >= 15 is 0 Å². The van der Waals surface area contributed by atoms with Crippen molar-refractivity contribution in [3.05, 3.63) is 39.3 Å². The van der Waals surface area contributed by atoms with Crippen molar-refractivity contribution in [2.24, 2.45) is 0 Å². The van der Waals surface area contributed by atoms with E-state index in [4.69, 9.17) is 4.74 Å². The molecule has 5 nitrogen and oxygen atoms in total. The van der Waals surface area contributed by atoms with Crippen molar-refractivity contribution in [3.63, 3.8) is 0 Å². The average molecular weight is 332 g/mol. The summed E-state index contributed by atoms with van der Waals surface area (Å²) >= 11 is 1.21. The summed E-state index contributed by atoms with van der Waals surface area (Å²) in [7, 11) is 1.27. The standard InChI is InChI=1S/C13H11F3N2O3S/c1-7-8(5-9(22-7)11(19)20-2)6-21-12-17-4-3-10(18-12)13(14,15)16/h3-5H,6H2,1-2H3. The third-order valence-electron chi connectivity index (χ3n) is 2.69. The molecule has 0 atom stereocenters. The second kappa shape index (κ2) is 6.30. The highest BCUT2D eigenvalue weighted by Crippen LogP contribution is 2.28. The van der Waals surface area contributed by atoms with Gasteiger partial charge in [-0.1, -0.05) is 0 Å². The van der Waals surface area contributed by atoms with E-state index in [1.54, 1.807) is 13.0 Å². The number of carbonyl (C=O) groups excluding carboxylic acids is 1. The number of halogens is 3. The Balaban J connectivity index is 2.11. The normalized spacial score (nSPS) is 11.3. The first-order valence-electron chi connectivity index (χ1n) is 6.02. The molecule has 0 unspecified atom stereocenters. The Hall–Kier alpha value is -2.16. The largest absolute Gasteiger partial charge is 0.465 e. The first-order chi connectivity index (χ1) is 10.3. The highest BCUT2D eigenvalue weighted by Gasteiger charge is 2.33. The monoisotopic (exact) mass is 332 g/mol. The molecule has 0 aliphatic rings. The average Bonchev–Trinajstić information content (AvgIpc) is 2.85. The number of hydrogen-bond donors (Lipinski definition) is 0. The Morgan fingerprint density at radius 2 is 2.14 bits per heavy atom. The molecule has 0 amide bonds. The summed E-state index contributed by atoms with van der Waals surface area (Å²) in [5.41, 5.74) is -0.416. The van der Waals surface area contributed by atoms with Gasteiger partial charge in [0.2, 0.25) is 0 Å². The smallest absolute Gasteiger partial charge is 0.433 e. The lowest BCUT2D eigenvalue weighted by atomic mass is 10.2. The summed E-state index contributed by atoms with van der Waals surface area (Å²) in [6, 6.07) is 1.96. The van der Waals surface area contributed by atoms with Gasteiger partial charge in [0.15, 0.2) is 5.69 Å². The van der Waals surface area contributed by atoms with Gasteiger partial charge in [0.1, 0.15) is 11.5 Å². The Kier molecular flexibility index (Phi) is 4.65. The van der Waals surface area contributed by atoms with E-state index in [9.17, 15) is 18.0 Å². The van der Waals surface area contributed by atoms with Crippen LogP contribution < -0.4 is 4.74 Å². The Bertz CT molecular complexity index is 685. The summed E-state index contributed by atoms with van der Waals surface area (Å²) in [5, 5.41) is 0. The van der Waals surface area contributed by atoms with Crippen LogP contribution in [-0.4, -0.2) is 23.0 Å². The van der Waals surface area contributed by atoms with Gasteiger partial charge in [-0.15, -0.1) is 11.3 Å². The fraction of sp³-hybridized carbons (Fsp3) is 0.308. The first-order valence-corrected chi connectivity index (χ1v) is 6.83. The number of esters is 1. The highest BCUT2D eigenvalue weighted by atomic mass is 32.1. The maximum Gasteiger partial charge on any atom is 0.433 e. The minimum Gasteiger partial charge on any atom is -0.465 e. The highest BCUT2D eigenvalue weighted by molar-refractivity contribution is 7.14. The van der Waals surface area contributed by atoms with Crippen molar-refractivity contribution in [2.45, 2.75) is 19.7 Å². The maximum absolute atomic E-state index is 12.5. The van der Waals surface area contributed by atoms with E-state index in [0.29, 0.717) is 10.4 Å². The second-order valence-electron chi connectivity index (χ2n) is 4.19. The molecule has 0 spiro atoms. The molecular weight excluding hydrogens is 321 g/mol. The molecule has 2 heterocycles. The molecule has 0 bridgehead atoms. The Morgan fingerprint density at radius 1 is 1.41 bits per heavy atom. The molecule has 118 valence electrons. The van der Waals surface area contributed by atoms with Crippen molar-refractivity contribution in [1.82, 2.24) is 9.97 Å². The lowest BCUT2D eigenvalue weighted by Gasteiger charge is -2.07. The van der Waals surface area contributed by atoms with Gasteiger partial charge in [0, 0.05) is 16.6 Å². The minimum atomic E-state index is -4.56. The number of aromatic nitrogens is 2. The van der Waals surface area contributed by atoms with Crippen LogP contribution in [-0.2, 0) is 17.5 Å². The molecule has 2 aromatic rings. The zero-order valence-electron chi connectivity index (χ0n) is 11.6. The molecule has 2 rings (SSSR count). The van der Waals surface area contributed by atoms with E-state index in [1.165, 1.54) is 18.4 Å². The third kappa shape index (κ3) is 3.73. The molecule has 0 saturated carbocycles. The van der Waals surface area contributed by atoms with Crippen LogP contribution in [0.25, 0.3) is 0 Å². The maximum atomic E-state index is 12.5. The summed E-state index contributed by atoms with van der Waals surface area (Å²) in [5.74, 6) is -0.477. The van der Waals surface area contributed by atoms with Gasteiger partial charge in [-0.3, -0.25) is 0 Å². The van der Waals surface area contributed by atoms with Crippen LogP contribution in [0, 0.1) is 6.92 Å². The number of aryl methyl sites for hydroxylation is 1. The van der Waals surface area contributed by atoms with Gasteiger partial charge < -0.3 is 9.47 Å². The lowest BCUT2D eigenvalue weighted by Crippen LogP contribution is -2.10. The SMILES string of the molecule is COC(=O)c1cc(COc2nccc(C(F)(F)F)n2)c(C)s1. The topological polar surface area (TPSA) is 61.3 Å². The van der Waals surface area contributed by atoms with Crippen molar-refractivity contribution in [2.75, 3.05) is 7.11 Å². The van der Waals surface area contributed by atoms with Gasteiger partial charge in [-0.25, -0.2) is 9.78 Å². The summed E-state index contributed by atoms with van der Waals surface area (Å²) in [6.07, 6.45) is -3.58. The molecule has 2 aromatic heterocycles. The molecule has 22 heavy (non-hydrogen) atoms. The zero-order valence-corrected chi connectivity index (χ0v) is 12.4. The second-order valence-corrected chi connectivity index (χ2v) is 5.45. The Labute approximate surface area is 127 Å². The van der Waals surface area contributed by atoms with Gasteiger partial charge >= 0.3 is 18.2 Å². The van der Waals surface area contributed by atoms with E-state index < -0.39 is 17.8 Å². The van der Waals surface area contributed by atoms with Crippen LogP contribution in [0.5, 0.6) is 6.01 Å². The van der Waals surface area contributed by atoms with E-state index in [-0.39, 0.29) is 12.6 Å². The van der Waals surface area contributed by atoms with Crippen LogP contribution >= 0.6 is 11.3 Å². The van der Waals surface area contributed by atoms with Gasteiger partial charge in [0.25, 0.3) is 0 Å². The van der Waals surface area contributed by atoms with Crippen LogP contribution in [0.2, 0.25) is 0 Å². The number of rotatable bonds is 4. The van der Waals surface area contributed by atoms with Crippen molar-refractivity contribution >= 4 is 17.3 Å². The fourth-order valence-corrected chi connectivity index (χ4v) is 2.52. The lowest BCUT2D eigenvalue weighted by molar-refractivity contribution is -0.141. The molecule has 9 heteroatoms. The number of thiophene rings is 1. The molecule has 0 aliphatic carbocycles. The van der Waals surface area contributed by atoms with Crippen molar-refractivity contribution in [1.29, 1.82) is 0 Å². The number of nitrogens with zero attached hydrogens (tertiary/aromatic N) is 2. The molecule has 0 N–H and O–H groups in total. The zero-order chi connectivity index (χ0) is 16.3. The summed E-state index contributed by atoms with van der Waals surface area (Å²) in [4.78, 5) is 19.5. The van der Waals surface area contributed by atoms with Gasteiger partial charge in [0.05, 0.1) is 7.11 Å². The molecule has 0 radical (unpaired) electrons. The number of methoxy groups -OCH3 is 1. The molecule has 0 aromatic carbocycles. The van der Waals surface area contributed by atoms with Crippen LogP contribution in [0.15, 0.2) is 18.3 Å². The number of ether oxygens (including phenoxy) is 2. The van der Waals surface area contributed by atoms with E-state index in [2.05, 4.69) is 14.7 Å². The first kappa shape index (κ1) is 16.2. The van der Waals surface area contributed by atoms with Crippen molar-refractivity contribution < 1.29 is 27.4 Å². The van der Waals surface area contributed by atoms with Gasteiger partial charge in [-0.05, 0) is 19.1 Å². The minimum absolute atomic E-state index is 0.0410. The summed E-state index contributed by atoms with van der Waals surface area (Å²) < 4.78 is 47.4. The molecule has 0 saturated heterocycles. The predicted molar refractivity (Wildman–Crippen MR) is 71.8 cm³/mol. The van der Waals surface area contributed by atoms with Crippen molar-refractivity contribution in [3.8, 4) is 6.01 Å². The summed E-state index contributed by atoms with van der Waals surface area (Å²) in [6.45, 7) is 1.73. The van der Waals surface area contributed by atoms with Crippen LogP contribution in [0.1, 0.15) is 25.8 Å². The van der Waals surface area contributed by atoms with E-state index in [0.717, 1.165) is 17.1 Å². The van der Waals surface area contributed by atoms with Crippen LogP contribution in [0.4, 0.5) is 13.2 Å². The quantitative estimate of drug-likeness (QED) is 0.805. The number of alkyl halides is 3. The fourth-order valence-electron chi connectivity index (χ4n) is 1.57. The number of hydrogen-bond acceptors (Lipinski definition) is 6. The molecule has 0 fully saturated rings. The van der Waals surface area contributed by atoms with Gasteiger partial charge in [-0.2, -0.15) is 18.2 Å². The van der Waals surface area contributed by atoms with E-state index in [1.807, 2.05) is 0 Å². The molecular formula is C13H11F3N2O3S. The van der Waals surface area contributed by atoms with Crippen LogP contribution in [0.3, 0.4) is 0 Å². The number of carbonyl (C=O) groups is 1. The Morgan fingerprint density at radius 3 is 2.77 bits per heavy atom. The predicted octanol–water partition coefficient (Wildman–Crippen LogP) is 3.23.